The zero-order valence-corrected chi connectivity index (χ0v) is 18.8. The van der Waals surface area contributed by atoms with Gasteiger partial charge in [-0.05, 0) is 43.3 Å². The third-order valence-electron chi connectivity index (χ3n) is 3.93. The molecule has 3 rings (SSSR count). The number of aromatic nitrogens is 1. The lowest BCUT2D eigenvalue weighted by molar-refractivity contribution is 0.102. The number of sulfone groups is 1. The van der Waals surface area contributed by atoms with E-state index in [0.29, 0.717) is 10.6 Å². The molecule has 0 saturated heterocycles. The van der Waals surface area contributed by atoms with Gasteiger partial charge in [-0.3, -0.25) is 9.59 Å². The molecule has 0 fully saturated rings. The molecule has 0 aliphatic carbocycles. The highest BCUT2D eigenvalue weighted by atomic mass is 35.5. The van der Waals surface area contributed by atoms with E-state index in [1.54, 1.807) is 6.92 Å². The van der Waals surface area contributed by atoms with Gasteiger partial charge in [0.15, 0.2) is 9.84 Å². The Bertz CT molecular complexity index is 1220. The van der Waals surface area contributed by atoms with Crippen molar-refractivity contribution in [2.75, 3.05) is 16.9 Å². The molecule has 30 heavy (non-hydrogen) atoms. The van der Waals surface area contributed by atoms with Crippen LogP contribution in [0, 0.1) is 6.92 Å². The summed E-state index contributed by atoms with van der Waals surface area (Å²) in [6, 6.07) is 8.38. The van der Waals surface area contributed by atoms with E-state index in [0.717, 1.165) is 11.3 Å². The lowest BCUT2D eigenvalue weighted by Gasteiger charge is -2.12. The molecule has 0 atom stereocenters. The molecular formula is C19H15Cl2N3O4S2. The van der Waals surface area contributed by atoms with Crippen molar-refractivity contribution in [2.45, 2.75) is 11.8 Å². The van der Waals surface area contributed by atoms with E-state index < -0.39 is 15.7 Å². The van der Waals surface area contributed by atoms with Crippen LogP contribution >= 0.6 is 34.5 Å². The molecule has 1 aromatic heterocycles. The van der Waals surface area contributed by atoms with Gasteiger partial charge in [0.2, 0.25) is 0 Å². The van der Waals surface area contributed by atoms with E-state index in [-0.39, 0.29) is 32.1 Å². The Hall–Kier alpha value is -2.46. The van der Waals surface area contributed by atoms with Crippen LogP contribution in [0.25, 0.3) is 0 Å². The molecule has 2 N–H and O–H groups in total. The highest BCUT2D eigenvalue weighted by Crippen LogP contribution is 2.34. The summed E-state index contributed by atoms with van der Waals surface area (Å²) in [6.45, 7) is 1.79. The number of thiazole rings is 1. The van der Waals surface area contributed by atoms with E-state index in [2.05, 4.69) is 15.6 Å². The molecule has 3 aromatic rings. The van der Waals surface area contributed by atoms with Crippen LogP contribution in [-0.2, 0) is 9.84 Å². The molecule has 0 bridgehead atoms. The summed E-state index contributed by atoms with van der Waals surface area (Å²) in [7, 11) is -3.36. The van der Waals surface area contributed by atoms with Crippen molar-refractivity contribution in [1.82, 2.24) is 4.98 Å². The fraction of sp³-hybridized carbons (Fsp3) is 0.105. The number of rotatable bonds is 5. The first-order valence-corrected chi connectivity index (χ1v) is 11.9. The summed E-state index contributed by atoms with van der Waals surface area (Å²) in [4.78, 5) is 29.3. The van der Waals surface area contributed by atoms with Gasteiger partial charge in [0.05, 0.1) is 31.8 Å². The van der Waals surface area contributed by atoms with Crippen LogP contribution in [0.5, 0.6) is 0 Å². The monoisotopic (exact) mass is 483 g/mol. The first-order valence-electron chi connectivity index (χ1n) is 8.39. The van der Waals surface area contributed by atoms with Crippen molar-refractivity contribution in [3.63, 3.8) is 0 Å². The van der Waals surface area contributed by atoms with Gasteiger partial charge in [-0.1, -0.05) is 23.2 Å². The number of carbonyl (C=O) groups excluding carboxylic acids is 2. The molecule has 156 valence electrons. The standard InChI is InChI=1S/C19H15Cl2N3O4S2/c1-10-22-9-16(29-10)19(26)23-12-7-14(20)17(15(21)8-12)24-18(25)11-3-5-13(6-4-11)30(2,27)28/h3-9H,1-2H3,(H,23,26)(H,24,25). The Balaban J connectivity index is 1.76. The maximum absolute atomic E-state index is 12.5. The van der Waals surface area contributed by atoms with E-state index >= 15 is 0 Å². The van der Waals surface area contributed by atoms with Crippen molar-refractivity contribution >= 4 is 67.6 Å². The summed E-state index contributed by atoms with van der Waals surface area (Å²) in [5.41, 5.74) is 0.756. The van der Waals surface area contributed by atoms with Crippen molar-refractivity contribution in [3.8, 4) is 0 Å². The lowest BCUT2D eigenvalue weighted by Crippen LogP contribution is -2.14. The zero-order chi connectivity index (χ0) is 22.1. The Labute approximate surface area is 187 Å². The number of nitrogens with zero attached hydrogens (tertiary/aromatic N) is 1. The van der Waals surface area contributed by atoms with Crippen LogP contribution in [0.2, 0.25) is 10.0 Å². The number of amides is 2. The summed E-state index contributed by atoms with van der Waals surface area (Å²) in [5.74, 6) is -0.869. The van der Waals surface area contributed by atoms with Crippen LogP contribution in [-0.4, -0.2) is 31.5 Å². The van der Waals surface area contributed by atoms with E-state index in [9.17, 15) is 18.0 Å². The lowest BCUT2D eigenvalue weighted by atomic mass is 10.2. The van der Waals surface area contributed by atoms with Crippen LogP contribution in [0.15, 0.2) is 47.5 Å². The Morgan fingerprint density at radius 1 is 1.00 bits per heavy atom. The molecule has 1 heterocycles. The predicted octanol–water partition coefficient (Wildman–Crippen LogP) is 4.67. The Morgan fingerprint density at radius 2 is 1.60 bits per heavy atom. The van der Waals surface area contributed by atoms with Crippen LogP contribution in [0.1, 0.15) is 25.0 Å². The van der Waals surface area contributed by atoms with E-state index in [1.807, 2.05) is 0 Å². The number of aryl methyl sites for hydroxylation is 1. The largest absolute Gasteiger partial charge is 0.321 e. The maximum atomic E-state index is 12.5. The number of benzene rings is 2. The number of hydrogen-bond acceptors (Lipinski definition) is 6. The van der Waals surface area contributed by atoms with Crippen molar-refractivity contribution in [3.05, 3.63) is 68.1 Å². The molecule has 2 amide bonds. The van der Waals surface area contributed by atoms with Crippen molar-refractivity contribution in [1.29, 1.82) is 0 Å². The van der Waals surface area contributed by atoms with Gasteiger partial charge < -0.3 is 10.6 Å². The number of halogens is 2. The summed E-state index contributed by atoms with van der Waals surface area (Å²) in [5, 5.41) is 6.29. The Morgan fingerprint density at radius 3 is 2.10 bits per heavy atom. The number of carbonyl (C=O) groups is 2. The van der Waals surface area contributed by atoms with Gasteiger partial charge in [-0.2, -0.15) is 0 Å². The highest BCUT2D eigenvalue weighted by molar-refractivity contribution is 7.90. The van der Waals surface area contributed by atoms with Gasteiger partial charge in [-0.15, -0.1) is 11.3 Å². The average molecular weight is 484 g/mol. The van der Waals surface area contributed by atoms with E-state index in [1.165, 1.54) is 53.9 Å². The molecular weight excluding hydrogens is 469 g/mol. The van der Waals surface area contributed by atoms with Crippen molar-refractivity contribution < 1.29 is 18.0 Å². The molecule has 0 aliphatic heterocycles. The highest BCUT2D eigenvalue weighted by Gasteiger charge is 2.16. The zero-order valence-electron chi connectivity index (χ0n) is 15.7. The quantitative estimate of drug-likeness (QED) is 0.548. The van der Waals surface area contributed by atoms with Crippen LogP contribution in [0.4, 0.5) is 11.4 Å². The van der Waals surface area contributed by atoms with Gasteiger partial charge in [0.25, 0.3) is 11.8 Å². The fourth-order valence-electron chi connectivity index (χ4n) is 2.46. The predicted molar refractivity (Wildman–Crippen MR) is 119 cm³/mol. The number of nitrogens with one attached hydrogen (secondary N) is 2. The SMILES string of the molecule is Cc1ncc(C(=O)Nc2cc(Cl)c(NC(=O)c3ccc(S(C)(=O)=O)cc3)c(Cl)c2)s1. The minimum absolute atomic E-state index is 0.103. The van der Waals surface area contributed by atoms with Gasteiger partial charge >= 0.3 is 0 Å². The molecule has 0 spiro atoms. The summed E-state index contributed by atoms with van der Waals surface area (Å²) in [6.07, 6.45) is 2.56. The second-order valence-electron chi connectivity index (χ2n) is 6.26. The van der Waals surface area contributed by atoms with E-state index in [4.69, 9.17) is 23.2 Å². The number of anilines is 2. The summed E-state index contributed by atoms with van der Waals surface area (Å²) < 4.78 is 23.1. The molecule has 0 radical (unpaired) electrons. The third-order valence-corrected chi connectivity index (χ3v) is 6.56. The van der Waals surface area contributed by atoms with Crippen LogP contribution < -0.4 is 10.6 Å². The Kier molecular flexibility index (Phi) is 6.47. The van der Waals surface area contributed by atoms with Crippen LogP contribution in [0.3, 0.4) is 0 Å². The topological polar surface area (TPSA) is 105 Å². The van der Waals surface area contributed by atoms with Gasteiger partial charge in [0, 0.05) is 17.5 Å². The minimum Gasteiger partial charge on any atom is -0.321 e. The molecule has 2 aromatic carbocycles. The number of hydrogen-bond donors (Lipinski definition) is 2. The molecule has 11 heteroatoms. The average Bonchev–Trinajstić information content (AvgIpc) is 3.10. The third kappa shape index (κ3) is 5.17. The molecule has 0 unspecified atom stereocenters. The smallest absolute Gasteiger partial charge is 0.267 e. The second kappa shape index (κ2) is 8.73. The van der Waals surface area contributed by atoms with Gasteiger partial charge in [0.1, 0.15) is 4.88 Å². The molecule has 0 saturated carbocycles. The maximum Gasteiger partial charge on any atom is 0.267 e. The normalized spacial score (nSPS) is 11.2. The molecule has 7 nitrogen and oxygen atoms in total. The van der Waals surface area contributed by atoms with Crippen molar-refractivity contribution in [2.24, 2.45) is 0 Å². The molecule has 0 aliphatic rings. The minimum atomic E-state index is -3.36. The van der Waals surface area contributed by atoms with Gasteiger partial charge in [-0.25, -0.2) is 13.4 Å². The summed E-state index contributed by atoms with van der Waals surface area (Å²) >= 11 is 13.7. The second-order valence-corrected chi connectivity index (χ2v) is 10.3. The fourth-order valence-corrected chi connectivity index (χ4v) is 4.35. The first-order chi connectivity index (χ1) is 14.0. The first kappa shape index (κ1) is 22.2.